The lowest BCUT2D eigenvalue weighted by molar-refractivity contribution is 0.0457. The first kappa shape index (κ1) is 13.8. The molecule has 7 nitrogen and oxygen atoms in total. The van der Waals surface area contributed by atoms with Gasteiger partial charge in [-0.05, 0) is 12.8 Å². The molecule has 2 heterocycles. The zero-order chi connectivity index (χ0) is 13.8. The number of aromatic nitrogens is 2. The third-order valence-corrected chi connectivity index (χ3v) is 3.17. The summed E-state index contributed by atoms with van der Waals surface area (Å²) in [6, 6.07) is -0.0750. The number of nitrogens with zero attached hydrogens (tertiary/aromatic N) is 3. The molecule has 1 atom stereocenters. The van der Waals surface area contributed by atoms with Crippen LogP contribution in [0.3, 0.4) is 0 Å². The summed E-state index contributed by atoms with van der Waals surface area (Å²) < 4.78 is 10.3. The highest BCUT2D eigenvalue weighted by molar-refractivity contribution is 5.87. The first-order valence-corrected chi connectivity index (χ1v) is 6.52. The summed E-state index contributed by atoms with van der Waals surface area (Å²) >= 11 is 0. The molecule has 2 amide bonds. The predicted molar refractivity (Wildman–Crippen MR) is 69.0 cm³/mol. The van der Waals surface area contributed by atoms with Gasteiger partial charge in [-0.3, -0.25) is 5.32 Å². The fraction of sp³-hybridized carbons (Fsp3) is 0.750. The Morgan fingerprint density at radius 3 is 3.00 bits per heavy atom. The van der Waals surface area contributed by atoms with Gasteiger partial charge in [-0.2, -0.15) is 4.98 Å². The van der Waals surface area contributed by atoms with Crippen LogP contribution in [0.4, 0.5) is 10.8 Å². The minimum absolute atomic E-state index is 0.105. The lowest BCUT2D eigenvalue weighted by Gasteiger charge is -2.31. The van der Waals surface area contributed by atoms with E-state index in [4.69, 9.17) is 9.26 Å². The molecule has 1 unspecified atom stereocenters. The molecule has 19 heavy (non-hydrogen) atoms. The average Bonchev–Trinajstić information content (AvgIpc) is 2.87. The lowest BCUT2D eigenvalue weighted by Crippen LogP contribution is -2.44. The number of carbonyl (C=O) groups excluding carboxylic acids is 1. The van der Waals surface area contributed by atoms with E-state index in [0.29, 0.717) is 12.4 Å². The highest BCUT2D eigenvalue weighted by Crippen LogP contribution is 2.15. The second-order valence-electron chi connectivity index (χ2n) is 4.99. The van der Waals surface area contributed by atoms with Crippen molar-refractivity contribution in [2.45, 2.75) is 38.7 Å². The van der Waals surface area contributed by atoms with Crippen molar-refractivity contribution in [2.24, 2.45) is 0 Å². The number of urea groups is 1. The third kappa shape index (κ3) is 3.44. The summed E-state index contributed by atoms with van der Waals surface area (Å²) in [5.41, 5.74) is 0. The molecule has 1 fully saturated rings. The normalized spacial score (nSPS) is 19.8. The zero-order valence-electron chi connectivity index (χ0n) is 11.5. The molecule has 1 N–H and O–H groups in total. The maximum absolute atomic E-state index is 12.0. The topological polar surface area (TPSA) is 80.5 Å². The van der Waals surface area contributed by atoms with Crippen molar-refractivity contribution in [1.29, 1.82) is 0 Å². The van der Waals surface area contributed by atoms with E-state index in [0.717, 1.165) is 19.4 Å². The Labute approximate surface area is 112 Å². The average molecular weight is 268 g/mol. The second-order valence-corrected chi connectivity index (χ2v) is 4.99. The minimum atomic E-state index is -0.222. The minimum Gasteiger partial charge on any atom is -0.380 e. The van der Waals surface area contributed by atoms with E-state index in [1.807, 2.05) is 13.8 Å². The quantitative estimate of drug-likeness (QED) is 0.904. The molecular weight excluding hydrogens is 248 g/mol. The molecular formula is C12H20N4O3. The SMILES string of the molecule is COC1CCCN(C(=O)Nc2nc(C(C)C)no2)C1. The zero-order valence-corrected chi connectivity index (χ0v) is 11.5. The first-order valence-electron chi connectivity index (χ1n) is 6.52. The van der Waals surface area contributed by atoms with Crippen LogP contribution in [-0.2, 0) is 4.74 Å². The molecule has 0 radical (unpaired) electrons. The molecule has 2 rings (SSSR count). The summed E-state index contributed by atoms with van der Waals surface area (Å²) in [5.74, 6) is 0.756. The van der Waals surface area contributed by atoms with Crippen molar-refractivity contribution < 1.29 is 14.1 Å². The van der Waals surface area contributed by atoms with E-state index in [2.05, 4.69) is 15.5 Å². The number of piperidine rings is 1. The van der Waals surface area contributed by atoms with Crippen LogP contribution in [0, 0.1) is 0 Å². The van der Waals surface area contributed by atoms with Crippen LogP contribution in [0.2, 0.25) is 0 Å². The largest absolute Gasteiger partial charge is 0.380 e. The Morgan fingerprint density at radius 2 is 2.37 bits per heavy atom. The van der Waals surface area contributed by atoms with Crippen molar-refractivity contribution in [1.82, 2.24) is 15.0 Å². The molecule has 1 aromatic rings. The van der Waals surface area contributed by atoms with E-state index in [-0.39, 0.29) is 24.1 Å². The van der Waals surface area contributed by atoms with Crippen LogP contribution in [0.5, 0.6) is 0 Å². The Balaban J connectivity index is 1.92. The van der Waals surface area contributed by atoms with Crippen molar-refractivity contribution in [3.8, 4) is 0 Å². The number of anilines is 1. The Bertz CT molecular complexity index is 432. The van der Waals surface area contributed by atoms with Crippen LogP contribution < -0.4 is 5.32 Å². The van der Waals surface area contributed by atoms with Gasteiger partial charge in [0.1, 0.15) is 0 Å². The van der Waals surface area contributed by atoms with Gasteiger partial charge in [0.2, 0.25) is 0 Å². The standard InChI is InChI=1S/C12H20N4O3/c1-8(2)10-13-11(19-15-10)14-12(17)16-6-4-5-9(7-16)18-3/h8-9H,4-7H2,1-3H3,(H,13,14,15,17). The summed E-state index contributed by atoms with van der Waals surface area (Å²) in [5, 5.41) is 6.42. The van der Waals surface area contributed by atoms with E-state index in [1.165, 1.54) is 0 Å². The molecule has 0 aliphatic carbocycles. The highest BCUT2D eigenvalue weighted by atomic mass is 16.5. The van der Waals surface area contributed by atoms with Gasteiger partial charge in [0.15, 0.2) is 5.82 Å². The number of likely N-dealkylation sites (tertiary alicyclic amines) is 1. The summed E-state index contributed by atoms with van der Waals surface area (Å²) in [4.78, 5) is 17.9. The molecule has 0 aromatic carbocycles. The number of rotatable bonds is 3. The molecule has 0 bridgehead atoms. The molecule has 106 valence electrons. The van der Waals surface area contributed by atoms with E-state index in [1.54, 1.807) is 12.0 Å². The van der Waals surface area contributed by atoms with Crippen molar-refractivity contribution >= 4 is 12.0 Å². The number of hydrogen-bond acceptors (Lipinski definition) is 5. The summed E-state index contributed by atoms with van der Waals surface area (Å²) in [6.07, 6.45) is 2.03. The fourth-order valence-electron chi connectivity index (χ4n) is 2.01. The lowest BCUT2D eigenvalue weighted by atomic mass is 10.1. The molecule has 0 spiro atoms. The van der Waals surface area contributed by atoms with Gasteiger partial charge in [-0.15, -0.1) is 0 Å². The van der Waals surface area contributed by atoms with Gasteiger partial charge >= 0.3 is 12.0 Å². The second kappa shape index (κ2) is 6.01. The fourth-order valence-corrected chi connectivity index (χ4v) is 2.01. The monoisotopic (exact) mass is 268 g/mol. The molecule has 7 heteroatoms. The van der Waals surface area contributed by atoms with Crippen molar-refractivity contribution in [3.63, 3.8) is 0 Å². The maximum atomic E-state index is 12.0. The third-order valence-electron chi connectivity index (χ3n) is 3.17. The molecule has 1 aliphatic heterocycles. The highest BCUT2D eigenvalue weighted by Gasteiger charge is 2.24. The van der Waals surface area contributed by atoms with Gasteiger partial charge in [-0.1, -0.05) is 19.0 Å². The molecule has 1 saturated heterocycles. The number of ether oxygens (including phenoxy) is 1. The Kier molecular flexibility index (Phi) is 4.36. The van der Waals surface area contributed by atoms with Crippen LogP contribution in [0.15, 0.2) is 4.52 Å². The van der Waals surface area contributed by atoms with Crippen molar-refractivity contribution in [3.05, 3.63) is 5.82 Å². The van der Waals surface area contributed by atoms with Crippen molar-refractivity contribution in [2.75, 3.05) is 25.5 Å². The number of amides is 2. The maximum Gasteiger partial charge on any atom is 0.329 e. The number of hydrogen-bond donors (Lipinski definition) is 1. The molecule has 1 aliphatic rings. The van der Waals surface area contributed by atoms with E-state index in [9.17, 15) is 4.79 Å². The van der Waals surface area contributed by atoms with E-state index < -0.39 is 0 Å². The smallest absolute Gasteiger partial charge is 0.329 e. The molecule has 1 aromatic heterocycles. The van der Waals surface area contributed by atoms with Crippen LogP contribution in [0.25, 0.3) is 0 Å². The van der Waals surface area contributed by atoms with Crippen LogP contribution >= 0.6 is 0 Å². The van der Waals surface area contributed by atoms with Crippen LogP contribution in [0.1, 0.15) is 38.4 Å². The Morgan fingerprint density at radius 1 is 1.58 bits per heavy atom. The van der Waals surface area contributed by atoms with Crippen LogP contribution in [-0.4, -0.2) is 47.4 Å². The summed E-state index contributed by atoms with van der Waals surface area (Å²) in [6.45, 7) is 5.24. The van der Waals surface area contributed by atoms with Gasteiger partial charge in [0.05, 0.1) is 6.10 Å². The van der Waals surface area contributed by atoms with E-state index >= 15 is 0 Å². The first-order chi connectivity index (χ1) is 9.10. The van der Waals surface area contributed by atoms with Gasteiger partial charge in [0.25, 0.3) is 0 Å². The number of methoxy groups -OCH3 is 1. The van der Waals surface area contributed by atoms with Gasteiger partial charge in [-0.25, -0.2) is 4.79 Å². The number of nitrogens with one attached hydrogen (secondary N) is 1. The summed E-state index contributed by atoms with van der Waals surface area (Å²) in [7, 11) is 1.67. The Hall–Kier alpha value is -1.63. The molecule has 0 saturated carbocycles. The predicted octanol–water partition coefficient (Wildman–Crippen LogP) is 1.84. The van der Waals surface area contributed by atoms with Gasteiger partial charge in [0, 0.05) is 26.1 Å². The van der Waals surface area contributed by atoms with Gasteiger partial charge < -0.3 is 14.2 Å². The number of carbonyl (C=O) groups is 1.